The quantitative estimate of drug-likeness (QED) is 0.612. The summed E-state index contributed by atoms with van der Waals surface area (Å²) in [6.45, 7) is 7.12. The lowest BCUT2D eigenvalue weighted by Crippen LogP contribution is -2.40. The van der Waals surface area contributed by atoms with Crippen molar-refractivity contribution < 1.29 is 0 Å². The molecule has 0 saturated heterocycles. The molecule has 0 heterocycles. The normalized spacial score (nSPS) is 45.8. The molecule has 1 fully saturated rings. The van der Waals surface area contributed by atoms with Gasteiger partial charge in [0.2, 0.25) is 0 Å². The molecule has 0 aromatic heterocycles. The lowest BCUT2D eigenvalue weighted by molar-refractivity contribution is 0.173. The summed E-state index contributed by atoms with van der Waals surface area (Å²) in [6, 6.07) is 0.765. The van der Waals surface area contributed by atoms with Crippen molar-refractivity contribution in [1.29, 1.82) is 0 Å². The molecule has 0 aromatic carbocycles. The van der Waals surface area contributed by atoms with Gasteiger partial charge in [-0.25, -0.2) is 0 Å². The first-order valence-corrected chi connectivity index (χ1v) is 4.82. The summed E-state index contributed by atoms with van der Waals surface area (Å²) in [7, 11) is 2.09. The van der Waals surface area contributed by atoms with Gasteiger partial charge in [-0.05, 0) is 37.6 Å². The fourth-order valence-corrected chi connectivity index (χ4v) is 2.25. The average Bonchev–Trinajstić information content (AvgIpc) is 1.97. The maximum Gasteiger partial charge on any atom is 0.00924 e. The Kier molecular flexibility index (Phi) is 2.94. The van der Waals surface area contributed by atoms with Crippen LogP contribution in [0.3, 0.4) is 0 Å². The van der Waals surface area contributed by atoms with E-state index in [0.29, 0.717) is 0 Å². The van der Waals surface area contributed by atoms with Gasteiger partial charge in [0.25, 0.3) is 0 Å². The molecule has 0 amide bonds. The summed E-state index contributed by atoms with van der Waals surface area (Å²) in [6.07, 6.45) is 2.76. The van der Waals surface area contributed by atoms with E-state index in [4.69, 9.17) is 0 Å². The minimum Gasteiger partial charge on any atom is -0.317 e. The highest BCUT2D eigenvalue weighted by molar-refractivity contribution is 4.83. The molecule has 0 aromatic rings. The molecule has 1 aliphatic rings. The lowest BCUT2D eigenvalue weighted by atomic mass is 9.74. The van der Waals surface area contributed by atoms with Crippen LogP contribution in [0.2, 0.25) is 0 Å². The first-order chi connectivity index (χ1) is 5.15. The highest BCUT2D eigenvalue weighted by Gasteiger charge is 2.28. The zero-order chi connectivity index (χ0) is 8.43. The Morgan fingerprint density at radius 3 is 2.00 bits per heavy atom. The van der Waals surface area contributed by atoms with Crippen LogP contribution in [-0.2, 0) is 0 Å². The second-order valence-corrected chi connectivity index (χ2v) is 4.30. The Morgan fingerprint density at radius 2 is 1.45 bits per heavy atom. The van der Waals surface area contributed by atoms with Crippen LogP contribution in [0.5, 0.6) is 0 Å². The van der Waals surface area contributed by atoms with Gasteiger partial charge < -0.3 is 5.32 Å². The Morgan fingerprint density at radius 1 is 0.909 bits per heavy atom. The molecule has 0 aliphatic heterocycles. The van der Waals surface area contributed by atoms with Crippen molar-refractivity contribution in [3.05, 3.63) is 0 Å². The number of hydrogen-bond acceptors (Lipinski definition) is 1. The fraction of sp³-hybridized carbons (Fsp3) is 1.00. The van der Waals surface area contributed by atoms with E-state index in [2.05, 4.69) is 33.1 Å². The molecule has 1 nitrogen and oxygen atoms in total. The molecule has 4 atom stereocenters. The van der Waals surface area contributed by atoms with Crippen molar-refractivity contribution >= 4 is 0 Å². The fourth-order valence-electron chi connectivity index (χ4n) is 2.25. The van der Waals surface area contributed by atoms with Crippen LogP contribution >= 0.6 is 0 Å². The van der Waals surface area contributed by atoms with E-state index in [0.717, 1.165) is 23.8 Å². The predicted octanol–water partition coefficient (Wildman–Crippen LogP) is 2.28. The predicted molar refractivity (Wildman–Crippen MR) is 49.6 cm³/mol. The van der Waals surface area contributed by atoms with Crippen LogP contribution in [0.4, 0.5) is 0 Å². The summed E-state index contributed by atoms with van der Waals surface area (Å²) in [4.78, 5) is 0. The van der Waals surface area contributed by atoms with Crippen LogP contribution in [0, 0.1) is 17.8 Å². The second kappa shape index (κ2) is 3.57. The molecular weight excluding hydrogens is 134 g/mol. The smallest absolute Gasteiger partial charge is 0.00924 e. The van der Waals surface area contributed by atoms with Crippen molar-refractivity contribution in [2.45, 2.75) is 39.7 Å². The highest BCUT2D eigenvalue weighted by Crippen LogP contribution is 2.32. The third kappa shape index (κ3) is 1.96. The largest absolute Gasteiger partial charge is 0.317 e. The SMILES string of the molecule is CNC1CC(C)C(C)CC1C. The van der Waals surface area contributed by atoms with Gasteiger partial charge in [-0.1, -0.05) is 20.8 Å². The first-order valence-electron chi connectivity index (χ1n) is 4.82. The Hall–Kier alpha value is -0.0400. The van der Waals surface area contributed by atoms with Crippen molar-refractivity contribution in [3.8, 4) is 0 Å². The molecule has 1 saturated carbocycles. The van der Waals surface area contributed by atoms with Gasteiger partial charge in [-0.2, -0.15) is 0 Å². The van der Waals surface area contributed by atoms with Gasteiger partial charge in [-0.15, -0.1) is 0 Å². The summed E-state index contributed by atoms with van der Waals surface area (Å²) >= 11 is 0. The van der Waals surface area contributed by atoms with Gasteiger partial charge in [0, 0.05) is 6.04 Å². The van der Waals surface area contributed by atoms with Crippen LogP contribution in [-0.4, -0.2) is 13.1 Å². The number of nitrogens with one attached hydrogen (secondary N) is 1. The Labute approximate surface area is 70.6 Å². The third-order valence-electron chi connectivity index (χ3n) is 3.40. The first kappa shape index (κ1) is 9.05. The molecule has 66 valence electrons. The van der Waals surface area contributed by atoms with E-state index in [1.54, 1.807) is 0 Å². The van der Waals surface area contributed by atoms with Crippen molar-refractivity contribution in [3.63, 3.8) is 0 Å². The van der Waals surface area contributed by atoms with Crippen LogP contribution < -0.4 is 5.32 Å². The van der Waals surface area contributed by atoms with Crippen LogP contribution in [0.15, 0.2) is 0 Å². The van der Waals surface area contributed by atoms with Gasteiger partial charge in [0.15, 0.2) is 0 Å². The van der Waals surface area contributed by atoms with Crippen LogP contribution in [0.1, 0.15) is 33.6 Å². The van der Waals surface area contributed by atoms with E-state index in [-0.39, 0.29) is 0 Å². The van der Waals surface area contributed by atoms with Crippen LogP contribution in [0.25, 0.3) is 0 Å². The summed E-state index contributed by atoms with van der Waals surface area (Å²) in [5.74, 6) is 2.70. The molecule has 0 radical (unpaired) electrons. The van der Waals surface area contributed by atoms with Gasteiger partial charge in [0.05, 0.1) is 0 Å². The topological polar surface area (TPSA) is 12.0 Å². The molecule has 0 bridgehead atoms. The highest BCUT2D eigenvalue weighted by atomic mass is 14.9. The monoisotopic (exact) mass is 155 g/mol. The molecule has 1 heteroatoms. The van der Waals surface area contributed by atoms with Crippen molar-refractivity contribution in [2.24, 2.45) is 17.8 Å². The summed E-state index contributed by atoms with van der Waals surface area (Å²) in [5, 5.41) is 3.40. The third-order valence-corrected chi connectivity index (χ3v) is 3.40. The van der Waals surface area contributed by atoms with E-state index in [1.165, 1.54) is 12.8 Å². The van der Waals surface area contributed by atoms with E-state index in [1.807, 2.05) is 0 Å². The van der Waals surface area contributed by atoms with Gasteiger partial charge >= 0.3 is 0 Å². The van der Waals surface area contributed by atoms with E-state index < -0.39 is 0 Å². The van der Waals surface area contributed by atoms with Gasteiger partial charge in [-0.3, -0.25) is 0 Å². The molecule has 1 aliphatic carbocycles. The maximum atomic E-state index is 3.40. The maximum absolute atomic E-state index is 3.40. The standard InChI is InChI=1S/C10H21N/c1-7-5-9(3)10(11-4)6-8(7)2/h7-11H,5-6H2,1-4H3. The molecule has 11 heavy (non-hydrogen) atoms. The summed E-state index contributed by atoms with van der Waals surface area (Å²) in [5.41, 5.74) is 0. The lowest BCUT2D eigenvalue weighted by Gasteiger charge is -2.37. The molecule has 1 rings (SSSR count). The minimum atomic E-state index is 0.765. The molecular formula is C10H21N. The zero-order valence-electron chi connectivity index (χ0n) is 8.22. The second-order valence-electron chi connectivity index (χ2n) is 4.30. The van der Waals surface area contributed by atoms with Gasteiger partial charge in [0.1, 0.15) is 0 Å². The van der Waals surface area contributed by atoms with E-state index >= 15 is 0 Å². The van der Waals surface area contributed by atoms with E-state index in [9.17, 15) is 0 Å². The Balaban J connectivity index is 2.48. The molecule has 1 N–H and O–H groups in total. The molecule has 0 spiro atoms. The number of hydrogen-bond donors (Lipinski definition) is 1. The number of rotatable bonds is 1. The van der Waals surface area contributed by atoms with Crippen molar-refractivity contribution in [2.75, 3.05) is 7.05 Å². The van der Waals surface area contributed by atoms with Crippen molar-refractivity contribution in [1.82, 2.24) is 5.32 Å². The average molecular weight is 155 g/mol. The summed E-state index contributed by atoms with van der Waals surface area (Å²) < 4.78 is 0. The molecule has 4 unspecified atom stereocenters. The Bertz CT molecular complexity index is 122. The zero-order valence-corrected chi connectivity index (χ0v) is 8.22. The minimum absolute atomic E-state index is 0.765.